The van der Waals surface area contributed by atoms with Crippen LogP contribution in [0.15, 0.2) is 42.0 Å². The number of amides is 2. The maximum absolute atomic E-state index is 13.1. The number of carboxylic acid groups (broad SMARTS) is 1. The average molecular weight is 445 g/mol. The summed E-state index contributed by atoms with van der Waals surface area (Å²) >= 11 is 11.4. The van der Waals surface area contributed by atoms with Gasteiger partial charge in [-0.05, 0) is 67.0 Å². The van der Waals surface area contributed by atoms with Gasteiger partial charge in [-0.25, -0.2) is 4.79 Å². The number of hydrogen-bond donors (Lipinski definition) is 2. The van der Waals surface area contributed by atoms with Crippen LogP contribution in [0.4, 0.5) is 5.69 Å². The number of carbonyl (C=O) groups is 3. The highest BCUT2D eigenvalue weighted by molar-refractivity contribution is 7.80. The Labute approximate surface area is 182 Å². The third-order valence-electron chi connectivity index (χ3n) is 4.54. The highest BCUT2D eigenvalue weighted by Crippen LogP contribution is 2.29. The van der Waals surface area contributed by atoms with Crippen LogP contribution in [-0.2, 0) is 14.4 Å². The van der Waals surface area contributed by atoms with E-state index in [9.17, 15) is 14.4 Å². The zero-order valence-corrected chi connectivity index (χ0v) is 17.6. The first kappa shape index (κ1) is 21.5. The van der Waals surface area contributed by atoms with Crippen molar-refractivity contribution in [1.29, 1.82) is 0 Å². The van der Waals surface area contributed by atoms with Crippen molar-refractivity contribution in [3.05, 3.63) is 63.7 Å². The number of thiocarbonyl (C=S) groups is 1. The molecule has 2 amide bonds. The van der Waals surface area contributed by atoms with Crippen LogP contribution in [0.25, 0.3) is 6.08 Å². The van der Waals surface area contributed by atoms with E-state index in [0.717, 1.165) is 11.1 Å². The lowest BCUT2D eigenvalue weighted by atomic mass is 10.0. The van der Waals surface area contributed by atoms with Gasteiger partial charge in [0.15, 0.2) is 11.7 Å². The molecule has 0 spiro atoms. The van der Waals surface area contributed by atoms with Gasteiger partial charge in [0.05, 0.1) is 10.7 Å². The summed E-state index contributed by atoms with van der Waals surface area (Å²) < 4.78 is 5.08. The van der Waals surface area contributed by atoms with E-state index in [4.69, 9.17) is 33.7 Å². The van der Waals surface area contributed by atoms with Crippen molar-refractivity contribution in [2.75, 3.05) is 11.5 Å². The lowest BCUT2D eigenvalue weighted by Crippen LogP contribution is -2.54. The van der Waals surface area contributed by atoms with Crippen LogP contribution in [0.2, 0.25) is 5.02 Å². The molecule has 2 aromatic rings. The molecule has 0 saturated carbocycles. The number of aliphatic carboxylic acids is 1. The van der Waals surface area contributed by atoms with Crippen molar-refractivity contribution in [1.82, 2.24) is 5.32 Å². The molecule has 1 fully saturated rings. The molecule has 0 atom stereocenters. The fraction of sp³-hybridized carbons (Fsp3) is 0.143. The first-order valence-electron chi connectivity index (χ1n) is 8.81. The van der Waals surface area contributed by atoms with Crippen LogP contribution in [0.3, 0.4) is 0 Å². The molecule has 1 aliphatic heterocycles. The number of carboxylic acids is 1. The Kier molecular flexibility index (Phi) is 6.19. The zero-order chi connectivity index (χ0) is 22.0. The number of hydrogen-bond acceptors (Lipinski definition) is 5. The molecule has 0 aromatic heterocycles. The van der Waals surface area contributed by atoms with Gasteiger partial charge >= 0.3 is 5.97 Å². The Hall–Kier alpha value is -3.23. The molecule has 0 unspecified atom stereocenters. The monoisotopic (exact) mass is 444 g/mol. The molecule has 7 nitrogen and oxygen atoms in total. The van der Waals surface area contributed by atoms with E-state index in [1.165, 1.54) is 23.1 Å². The van der Waals surface area contributed by atoms with Crippen molar-refractivity contribution in [3.63, 3.8) is 0 Å². The van der Waals surface area contributed by atoms with Crippen LogP contribution in [-0.4, -0.2) is 34.6 Å². The molecule has 2 aromatic carbocycles. The Balaban J connectivity index is 1.96. The average Bonchev–Trinajstić information content (AvgIpc) is 2.67. The molecule has 0 bridgehead atoms. The molecular weight excluding hydrogens is 428 g/mol. The van der Waals surface area contributed by atoms with Gasteiger partial charge in [-0.3, -0.25) is 19.8 Å². The van der Waals surface area contributed by atoms with E-state index in [-0.39, 0.29) is 21.5 Å². The van der Waals surface area contributed by atoms with E-state index in [1.54, 1.807) is 12.1 Å². The fourth-order valence-electron chi connectivity index (χ4n) is 2.88. The summed E-state index contributed by atoms with van der Waals surface area (Å²) in [6.45, 7) is 3.25. The van der Waals surface area contributed by atoms with E-state index >= 15 is 0 Å². The summed E-state index contributed by atoms with van der Waals surface area (Å²) in [5.74, 6) is -2.13. The molecule has 0 aliphatic carbocycles. The van der Waals surface area contributed by atoms with Crippen LogP contribution in [0.5, 0.6) is 5.75 Å². The maximum atomic E-state index is 13.1. The number of ether oxygens (including phenoxy) is 1. The third kappa shape index (κ3) is 4.34. The van der Waals surface area contributed by atoms with Crippen molar-refractivity contribution in [2.24, 2.45) is 0 Å². The molecule has 154 valence electrons. The highest BCUT2D eigenvalue weighted by atomic mass is 35.5. The van der Waals surface area contributed by atoms with Gasteiger partial charge in [0, 0.05) is 0 Å². The van der Waals surface area contributed by atoms with E-state index in [0.29, 0.717) is 11.3 Å². The second-order valence-electron chi connectivity index (χ2n) is 6.55. The molecule has 30 heavy (non-hydrogen) atoms. The van der Waals surface area contributed by atoms with Gasteiger partial charge in [-0.2, -0.15) is 0 Å². The standard InChI is InChI=1S/C21H17ClN2O5S/c1-11-4-3-5-16(12(11)2)24-20(28)14(19(27)23-21(24)30)8-13-6-7-17(15(22)9-13)29-10-18(25)26/h3-9H,10H2,1-2H3,(H,25,26)(H,23,27,30)/b14-8+. The normalized spacial score (nSPS) is 15.4. The number of nitrogens with one attached hydrogen (secondary N) is 1. The number of benzene rings is 2. The van der Waals surface area contributed by atoms with Crippen LogP contribution >= 0.6 is 23.8 Å². The highest BCUT2D eigenvalue weighted by Gasteiger charge is 2.35. The number of aryl methyl sites for hydroxylation is 1. The fourth-order valence-corrected chi connectivity index (χ4v) is 3.40. The molecule has 9 heteroatoms. The lowest BCUT2D eigenvalue weighted by Gasteiger charge is -2.30. The van der Waals surface area contributed by atoms with Gasteiger partial charge < -0.3 is 9.84 Å². The molecule has 1 saturated heterocycles. The van der Waals surface area contributed by atoms with Crippen molar-refractivity contribution >= 4 is 58.5 Å². The van der Waals surface area contributed by atoms with E-state index in [1.807, 2.05) is 26.0 Å². The van der Waals surface area contributed by atoms with E-state index in [2.05, 4.69) is 5.32 Å². The lowest BCUT2D eigenvalue weighted by molar-refractivity contribution is -0.139. The summed E-state index contributed by atoms with van der Waals surface area (Å²) in [5, 5.41) is 11.4. The topological polar surface area (TPSA) is 95.9 Å². The van der Waals surface area contributed by atoms with E-state index < -0.39 is 24.4 Å². The third-order valence-corrected chi connectivity index (χ3v) is 5.12. The number of carbonyl (C=O) groups excluding carboxylic acids is 2. The number of rotatable bonds is 5. The summed E-state index contributed by atoms with van der Waals surface area (Å²) in [7, 11) is 0. The molecular formula is C21H17ClN2O5S. The minimum Gasteiger partial charge on any atom is -0.480 e. The summed E-state index contributed by atoms with van der Waals surface area (Å²) in [6, 6.07) is 9.99. The minimum absolute atomic E-state index is 0.00583. The number of nitrogens with zero attached hydrogens (tertiary/aromatic N) is 1. The second-order valence-corrected chi connectivity index (χ2v) is 7.34. The Morgan fingerprint density at radius 3 is 2.67 bits per heavy atom. The summed E-state index contributed by atoms with van der Waals surface area (Å²) in [6.07, 6.45) is 1.39. The van der Waals surface area contributed by atoms with Gasteiger partial charge in [-0.1, -0.05) is 29.8 Å². The van der Waals surface area contributed by atoms with Gasteiger partial charge in [-0.15, -0.1) is 0 Å². The second kappa shape index (κ2) is 8.64. The molecule has 0 radical (unpaired) electrons. The predicted molar refractivity (Wildman–Crippen MR) is 117 cm³/mol. The molecule has 1 aliphatic rings. The van der Waals surface area contributed by atoms with Crippen molar-refractivity contribution in [2.45, 2.75) is 13.8 Å². The Morgan fingerprint density at radius 2 is 2.00 bits per heavy atom. The first-order valence-corrected chi connectivity index (χ1v) is 9.59. The molecule has 2 N–H and O–H groups in total. The Bertz CT molecular complexity index is 1110. The van der Waals surface area contributed by atoms with Crippen molar-refractivity contribution < 1.29 is 24.2 Å². The van der Waals surface area contributed by atoms with Crippen LogP contribution in [0.1, 0.15) is 16.7 Å². The molecule has 3 rings (SSSR count). The zero-order valence-electron chi connectivity index (χ0n) is 16.1. The quantitative estimate of drug-likeness (QED) is 0.417. The van der Waals surface area contributed by atoms with Crippen LogP contribution in [0, 0.1) is 13.8 Å². The predicted octanol–water partition coefficient (Wildman–Crippen LogP) is 3.25. The Morgan fingerprint density at radius 1 is 1.27 bits per heavy atom. The van der Waals surface area contributed by atoms with Crippen molar-refractivity contribution in [3.8, 4) is 5.75 Å². The number of halogens is 1. The largest absolute Gasteiger partial charge is 0.480 e. The minimum atomic E-state index is -1.13. The number of anilines is 1. The van der Waals surface area contributed by atoms with Crippen LogP contribution < -0.4 is 15.0 Å². The van der Waals surface area contributed by atoms with Gasteiger partial charge in [0.1, 0.15) is 11.3 Å². The summed E-state index contributed by atoms with van der Waals surface area (Å²) in [5.41, 5.74) is 2.79. The first-order chi connectivity index (χ1) is 14.2. The SMILES string of the molecule is Cc1cccc(N2C(=O)/C(=C/c3ccc(OCC(=O)O)c(Cl)c3)C(=O)NC2=S)c1C. The summed E-state index contributed by atoms with van der Waals surface area (Å²) in [4.78, 5) is 37.5. The maximum Gasteiger partial charge on any atom is 0.341 e. The van der Waals surface area contributed by atoms with Gasteiger partial charge in [0.2, 0.25) is 0 Å². The van der Waals surface area contributed by atoms with Gasteiger partial charge in [0.25, 0.3) is 11.8 Å². The molecule has 1 heterocycles. The smallest absolute Gasteiger partial charge is 0.341 e.